The molecule has 0 atom stereocenters. The van der Waals surface area contributed by atoms with Crippen LogP contribution in [0.5, 0.6) is 0 Å². The monoisotopic (exact) mass is 317 g/mol. The van der Waals surface area contributed by atoms with Gasteiger partial charge in [0.05, 0.1) is 17.2 Å². The maximum Gasteiger partial charge on any atom is 0.271 e. The zero-order valence-corrected chi connectivity index (χ0v) is 12.8. The Balaban J connectivity index is 3.01. The Bertz CT molecular complexity index is 589. The van der Waals surface area contributed by atoms with Crippen molar-refractivity contribution in [2.75, 3.05) is 31.6 Å². The zero-order chi connectivity index (χ0) is 15.9. The molecule has 1 aromatic rings. The van der Waals surface area contributed by atoms with Crippen LogP contribution in [0.15, 0.2) is 23.1 Å². The minimum atomic E-state index is -3.75. The number of nitro groups is 1. The van der Waals surface area contributed by atoms with Crippen molar-refractivity contribution < 1.29 is 18.1 Å². The first kappa shape index (κ1) is 17.3. The number of benzene rings is 1. The second-order valence-corrected chi connectivity index (χ2v) is 5.80. The van der Waals surface area contributed by atoms with Crippen LogP contribution in [0, 0.1) is 10.1 Å². The fraction of sp³-hybridized carbons (Fsp3) is 0.500. The lowest BCUT2D eigenvalue weighted by Gasteiger charge is -2.12. The fourth-order valence-electron chi connectivity index (χ4n) is 1.66. The van der Waals surface area contributed by atoms with Crippen molar-refractivity contribution in [1.82, 2.24) is 4.72 Å². The number of non-ortho nitro benzene ring substituents is 1. The van der Waals surface area contributed by atoms with Crippen LogP contribution < -0.4 is 10.0 Å². The molecular formula is C12H19N3O5S. The van der Waals surface area contributed by atoms with Gasteiger partial charge in [-0.3, -0.25) is 10.1 Å². The Morgan fingerprint density at radius 3 is 2.62 bits per heavy atom. The standard InChI is InChI=1S/C12H19N3O5S/c1-3-13-11-9-10(15(16)17)5-6-12(11)21(18,19)14-7-8-20-4-2/h5-6,9,13-14H,3-4,7-8H2,1-2H3. The van der Waals surface area contributed by atoms with E-state index >= 15 is 0 Å². The second kappa shape index (κ2) is 7.91. The molecule has 0 fully saturated rings. The lowest BCUT2D eigenvalue weighted by atomic mass is 10.3. The highest BCUT2D eigenvalue weighted by molar-refractivity contribution is 7.89. The van der Waals surface area contributed by atoms with Crippen LogP contribution in [0.1, 0.15) is 13.8 Å². The molecule has 0 amide bonds. The number of nitrogens with zero attached hydrogens (tertiary/aromatic N) is 1. The molecule has 9 heteroatoms. The van der Waals surface area contributed by atoms with Gasteiger partial charge in [0.2, 0.25) is 10.0 Å². The third kappa shape index (κ3) is 4.96. The summed E-state index contributed by atoms with van der Waals surface area (Å²) >= 11 is 0. The van der Waals surface area contributed by atoms with Gasteiger partial charge in [0, 0.05) is 31.8 Å². The van der Waals surface area contributed by atoms with Crippen molar-refractivity contribution in [1.29, 1.82) is 0 Å². The van der Waals surface area contributed by atoms with Crippen LogP contribution in [0.25, 0.3) is 0 Å². The normalized spacial score (nSPS) is 11.3. The zero-order valence-electron chi connectivity index (χ0n) is 12.0. The van der Waals surface area contributed by atoms with Gasteiger partial charge in [-0.2, -0.15) is 0 Å². The molecule has 0 aliphatic rings. The van der Waals surface area contributed by atoms with Gasteiger partial charge in [-0.1, -0.05) is 0 Å². The van der Waals surface area contributed by atoms with Crippen molar-refractivity contribution in [2.45, 2.75) is 18.7 Å². The smallest absolute Gasteiger partial charge is 0.271 e. The molecular weight excluding hydrogens is 298 g/mol. The third-order valence-corrected chi connectivity index (χ3v) is 4.09. The molecule has 118 valence electrons. The highest BCUT2D eigenvalue weighted by Crippen LogP contribution is 2.26. The van der Waals surface area contributed by atoms with E-state index in [1.54, 1.807) is 6.92 Å². The fourth-order valence-corrected chi connectivity index (χ4v) is 2.84. The highest BCUT2D eigenvalue weighted by atomic mass is 32.2. The molecule has 0 radical (unpaired) electrons. The Kier molecular flexibility index (Phi) is 6.53. The van der Waals surface area contributed by atoms with E-state index in [1.807, 2.05) is 6.92 Å². The average molecular weight is 317 g/mol. The first-order chi connectivity index (χ1) is 9.92. The maximum atomic E-state index is 12.2. The quantitative estimate of drug-likeness (QED) is 0.404. The van der Waals surface area contributed by atoms with Crippen LogP contribution in [0.2, 0.25) is 0 Å². The summed E-state index contributed by atoms with van der Waals surface area (Å²) in [4.78, 5) is 10.2. The van der Waals surface area contributed by atoms with Gasteiger partial charge >= 0.3 is 0 Å². The minimum absolute atomic E-state index is 0.0218. The number of sulfonamides is 1. The first-order valence-corrected chi connectivity index (χ1v) is 8.00. The van der Waals surface area contributed by atoms with E-state index in [0.29, 0.717) is 13.2 Å². The van der Waals surface area contributed by atoms with Crippen molar-refractivity contribution in [2.24, 2.45) is 0 Å². The number of nitro benzene ring substituents is 1. The molecule has 0 aliphatic carbocycles. The van der Waals surface area contributed by atoms with Crippen molar-refractivity contribution in [3.63, 3.8) is 0 Å². The first-order valence-electron chi connectivity index (χ1n) is 6.52. The van der Waals surface area contributed by atoms with Crippen LogP contribution >= 0.6 is 0 Å². The molecule has 0 aliphatic heterocycles. The van der Waals surface area contributed by atoms with E-state index in [1.165, 1.54) is 12.1 Å². The molecule has 2 N–H and O–H groups in total. The number of nitrogens with one attached hydrogen (secondary N) is 2. The molecule has 1 rings (SSSR count). The van der Waals surface area contributed by atoms with Gasteiger partial charge in [0.1, 0.15) is 4.90 Å². The van der Waals surface area contributed by atoms with Crippen molar-refractivity contribution >= 4 is 21.4 Å². The summed E-state index contributed by atoms with van der Waals surface area (Å²) in [6, 6.07) is 3.59. The summed E-state index contributed by atoms with van der Waals surface area (Å²) in [5.41, 5.74) is 0.0369. The summed E-state index contributed by atoms with van der Waals surface area (Å²) in [5.74, 6) is 0. The van der Waals surface area contributed by atoms with Gasteiger partial charge in [0.15, 0.2) is 0 Å². The molecule has 0 heterocycles. The number of hydrogen-bond donors (Lipinski definition) is 2. The van der Waals surface area contributed by atoms with Crippen LogP contribution in [-0.4, -0.2) is 39.6 Å². The molecule has 21 heavy (non-hydrogen) atoms. The number of anilines is 1. The van der Waals surface area contributed by atoms with Crippen molar-refractivity contribution in [3.05, 3.63) is 28.3 Å². The van der Waals surface area contributed by atoms with E-state index < -0.39 is 14.9 Å². The molecule has 1 aromatic carbocycles. The van der Waals surface area contributed by atoms with E-state index in [4.69, 9.17) is 4.74 Å². The van der Waals surface area contributed by atoms with Gasteiger partial charge in [0.25, 0.3) is 5.69 Å². The summed E-state index contributed by atoms with van der Waals surface area (Å²) in [5, 5.41) is 13.6. The molecule has 0 aromatic heterocycles. The molecule has 0 saturated heterocycles. The SMILES string of the molecule is CCNc1cc([N+](=O)[O-])ccc1S(=O)(=O)NCCOCC. The van der Waals surface area contributed by atoms with E-state index in [2.05, 4.69) is 10.0 Å². The molecule has 0 bridgehead atoms. The minimum Gasteiger partial charge on any atom is -0.384 e. The molecule has 0 unspecified atom stereocenters. The topological polar surface area (TPSA) is 111 Å². The Morgan fingerprint density at radius 2 is 2.05 bits per heavy atom. The summed E-state index contributed by atoms with van der Waals surface area (Å²) in [6.07, 6.45) is 0. The van der Waals surface area contributed by atoms with Gasteiger partial charge < -0.3 is 10.1 Å². The van der Waals surface area contributed by atoms with E-state index in [0.717, 1.165) is 6.07 Å². The maximum absolute atomic E-state index is 12.2. The summed E-state index contributed by atoms with van der Waals surface area (Å²) in [6.45, 7) is 4.94. The predicted octanol–water partition coefficient (Wildman–Crippen LogP) is 1.34. The average Bonchev–Trinajstić information content (AvgIpc) is 2.43. The van der Waals surface area contributed by atoms with E-state index in [9.17, 15) is 18.5 Å². The number of ether oxygens (including phenoxy) is 1. The number of rotatable bonds is 9. The Labute approximate surface area is 123 Å². The second-order valence-electron chi connectivity index (χ2n) is 4.06. The summed E-state index contributed by atoms with van der Waals surface area (Å²) < 4.78 is 31.8. The van der Waals surface area contributed by atoms with Crippen molar-refractivity contribution in [3.8, 4) is 0 Å². The van der Waals surface area contributed by atoms with Crippen LogP contribution in [-0.2, 0) is 14.8 Å². The Morgan fingerprint density at radius 1 is 1.33 bits per heavy atom. The largest absolute Gasteiger partial charge is 0.384 e. The van der Waals surface area contributed by atoms with Crippen LogP contribution in [0.3, 0.4) is 0 Å². The highest BCUT2D eigenvalue weighted by Gasteiger charge is 2.20. The van der Waals surface area contributed by atoms with Crippen LogP contribution in [0.4, 0.5) is 11.4 Å². The number of hydrogen-bond acceptors (Lipinski definition) is 6. The molecule has 8 nitrogen and oxygen atoms in total. The molecule has 0 saturated carbocycles. The van der Waals surface area contributed by atoms with Gasteiger partial charge in [-0.25, -0.2) is 13.1 Å². The van der Waals surface area contributed by atoms with E-state index in [-0.39, 0.29) is 29.4 Å². The van der Waals surface area contributed by atoms with Gasteiger partial charge in [-0.05, 0) is 19.9 Å². The third-order valence-electron chi connectivity index (χ3n) is 2.57. The lowest BCUT2D eigenvalue weighted by Crippen LogP contribution is -2.28. The Hall–Kier alpha value is -1.71. The predicted molar refractivity (Wildman–Crippen MR) is 78.9 cm³/mol. The molecule has 0 spiro atoms. The van der Waals surface area contributed by atoms with Gasteiger partial charge in [-0.15, -0.1) is 0 Å². The lowest BCUT2D eigenvalue weighted by molar-refractivity contribution is -0.384. The summed E-state index contributed by atoms with van der Waals surface area (Å²) in [7, 11) is -3.75.